The van der Waals surface area contributed by atoms with E-state index in [0.717, 1.165) is 27.8 Å². The summed E-state index contributed by atoms with van der Waals surface area (Å²) in [6.45, 7) is 0. The number of aromatic nitrogens is 3. The topological polar surface area (TPSA) is 38.7 Å². The molecule has 3 heterocycles. The van der Waals surface area contributed by atoms with Crippen LogP contribution in [0.4, 0.5) is 0 Å². The van der Waals surface area contributed by atoms with Crippen molar-refractivity contribution in [1.82, 2.24) is 15.0 Å². The molecular weight excluding hydrogens is 719 g/mol. The number of hydrogen-bond donors (Lipinski definition) is 0. The lowest BCUT2D eigenvalue weighted by molar-refractivity contribution is 1.07. The van der Waals surface area contributed by atoms with Crippen LogP contribution in [0.25, 0.3) is 108 Å². The van der Waals surface area contributed by atoms with Gasteiger partial charge in [0.05, 0.1) is 0 Å². The fourth-order valence-electron chi connectivity index (χ4n) is 7.75. The van der Waals surface area contributed by atoms with E-state index in [1.807, 2.05) is 59.1 Å². The van der Waals surface area contributed by atoms with Crippen molar-refractivity contribution in [2.45, 2.75) is 0 Å². The maximum atomic E-state index is 5.01. The van der Waals surface area contributed by atoms with E-state index in [2.05, 4.69) is 152 Å². The average Bonchev–Trinajstić information content (AvgIpc) is 3.85. The van der Waals surface area contributed by atoms with Gasteiger partial charge in [-0.25, -0.2) is 15.0 Å². The van der Waals surface area contributed by atoms with Crippen LogP contribution in [-0.4, -0.2) is 15.0 Å². The van der Waals surface area contributed by atoms with Crippen molar-refractivity contribution in [3.63, 3.8) is 0 Å². The minimum atomic E-state index is 0.647. The molecule has 11 rings (SSSR count). The summed E-state index contributed by atoms with van der Waals surface area (Å²) in [5.74, 6) is 1.95. The molecule has 0 aliphatic carbocycles. The lowest BCUT2D eigenvalue weighted by atomic mass is 9.99. The van der Waals surface area contributed by atoms with E-state index in [1.54, 1.807) is 0 Å². The Kier molecular flexibility index (Phi) is 7.87. The summed E-state index contributed by atoms with van der Waals surface area (Å²) in [7, 11) is 0. The number of benzene rings is 8. The Labute approximate surface area is 331 Å². The van der Waals surface area contributed by atoms with E-state index in [1.165, 1.54) is 62.6 Å². The lowest BCUT2D eigenvalue weighted by Gasteiger charge is -2.10. The molecule has 262 valence electrons. The Morgan fingerprint density at radius 1 is 0.268 bits per heavy atom. The standard InChI is InChI=1S/C51H31N3S2/c1-3-11-32(12-4-1)33-21-25-36(26-22-33)50-52-49(35-13-5-2-6-14-35)53-51(54-50)37-27-23-34(24-28-37)38-29-30-40-42-17-10-19-44(48(42)56-46(40)31-38)43-18-9-16-41-39-15-7-8-20-45(39)55-47(41)43/h1-31H. The first kappa shape index (κ1) is 32.6. The molecule has 3 aromatic heterocycles. The first-order valence-electron chi connectivity index (χ1n) is 18.7. The molecule has 0 saturated heterocycles. The molecule has 0 aliphatic heterocycles. The average molecular weight is 750 g/mol. The predicted molar refractivity (Wildman–Crippen MR) is 238 cm³/mol. The molecule has 0 atom stereocenters. The number of thiophene rings is 2. The number of nitrogens with zero attached hydrogens (tertiary/aromatic N) is 3. The molecule has 5 heteroatoms. The highest BCUT2D eigenvalue weighted by Crippen LogP contribution is 2.45. The van der Waals surface area contributed by atoms with Crippen LogP contribution in [0.3, 0.4) is 0 Å². The first-order valence-corrected chi connectivity index (χ1v) is 20.3. The molecule has 0 bridgehead atoms. The second-order valence-corrected chi connectivity index (χ2v) is 16.1. The molecule has 0 fully saturated rings. The van der Waals surface area contributed by atoms with E-state index in [4.69, 9.17) is 15.0 Å². The van der Waals surface area contributed by atoms with E-state index in [9.17, 15) is 0 Å². The molecule has 56 heavy (non-hydrogen) atoms. The van der Waals surface area contributed by atoms with E-state index < -0.39 is 0 Å². The number of hydrogen-bond acceptors (Lipinski definition) is 5. The van der Waals surface area contributed by atoms with Crippen molar-refractivity contribution < 1.29 is 0 Å². The predicted octanol–water partition coefficient (Wildman–Crippen LogP) is 14.6. The molecule has 0 saturated carbocycles. The quantitative estimate of drug-likeness (QED) is 0.170. The fourth-order valence-corrected chi connectivity index (χ4v) is 10.3. The van der Waals surface area contributed by atoms with Crippen molar-refractivity contribution in [3.05, 3.63) is 188 Å². The zero-order valence-electron chi connectivity index (χ0n) is 30.1. The van der Waals surface area contributed by atoms with Crippen molar-refractivity contribution in [3.8, 4) is 67.5 Å². The third-order valence-corrected chi connectivity index (χ3v) is 13.0. The molecule has 0 aliphatic rings. The van der Waals surface area contributed by atoms with Crippen LogP contribution in [0.1, 0.15) is 0 Å². The van der Waals surface area contributed by atoms with Gasteiger partial charge in [0.15, 0.2) is 17.5 Å². The SMILES string of the molecule is c1ccc(-c2ccc(-c3nc(-c4ccccc4)nc(-c4ccc(-c5ccc6c(c5)sc5c(-c7cccc8c7sc7ccccc78)cccc56)cc4)n3)cc2)cc1. The third-order valence-electron chi connectivity index (χ3n) is 10.6. The fraction of sp³-hybridized carbons (Fsp3) is 0. The summed E-state index contributed by atoms with van der Waals surface area (Å²) >= 11 is 3.77. The smallest absolute Gasteiger partial charge is 0.164 e. The van der Waals surface area contributed by atoms with Gasteiger partial charge in [-0.1, -0.05) is 176 Å². The molecule has 0 N–H and O–H groups in total. The van der Waals surface area contributed by atoms with Gasteiger partial charge in [0.1, 0.15) is 0 Å². The molecule has 0 spiro atoms. The summed E-state index contributed by atoms with van der Waals surface area (Å²) in [5, 5.41) is 5.25. The first-order chi connectivity index (χ1) is 27.7. The van der Waals surface area contributed by atoms with Gasteiger partial charge < -0.3 is 0 Å². The van der Waals surface area contributed by atoms with Gasteiger partial charge >= 0.3 is 0 Å². The van der Waals surface area contributed by atoms with Gasteiger partial charge in [0.2, 0.25) is 0 Å². The van der Waals surface area contributed by atoms with Gasteiger partial charge in [-0.3, -0.25) is 0 Å². The molecule has 3 nitrogen and oxygen atoms in total. The number of rotatable bonds is 6. The zero-order valence-corrected chi connectivity index (χ0v) is 31.7. The van der Waals surface area contributed by atoms with Gasteiger partial charge in [0.25, 0.3) is 0 Å². The van der Waals surface area contributed by atoms with Gasteiger partial charge in [-0.2, -0.15) is 0 Å². The van der Waals surface area contributed by atoms with Crippen LogP contribution in [-0.2, 0) is 0 Å². The maximum Gasteiger partial charge on any atom is 0.164 e. The second kappa shape index (κ2) is 13.5. The largest absolute Gasteiger partial charge is 0.208 e. The highest BCUT2D eigenvalue weighted by molar-refractivity contribution is 7.27. The van der Waals surface area contributed by atoms with E-state index >= 15 is 0 Å². The lowest BCUT2D eigenvalue weighted by Crippen LogP contribution is -2.00. The second-order valence-electron chi connectivity index (χ2n) is 14.0. The highest BCUT2D eigenvalue weighted by Gasteiger charge is 2.17. The summed E-state index contributed by atoms with van der Waals surface area (Å²) in [4.78, 5) is 14.9. The van der Waals surface area contributed by atoms with Gasteiger partial charge in [-0.05, 0) is 34.4 Å². The van der Waals surface area contributed by atoms with Crippen LogP contribution >= 0.6 is 22.7 Å². The summed E-state index contributed by atoms with van der Waals surface area (Å²) < 4.78 is 5.29. The molecule has 0 radical (unpaired) electrons. The van der Waals surface area contributed by atoms with E-state index in [0.29, 0.717) is 17.5 Å². The van der Waals surface area contributed by atoms with Gasteiger partial charge in [-0.15, -0.1) is 22.7 Å². The Balaban J connectivity index is 0.952. The van der Waals surface area contributed by atoms with Crippen molar-refractivity contribution in [2.75, 3.05) is 0 Å². The van der Waals surface area contributed by atoms with Crippen molar-refractivity contribution in [1.29, 1.82) is 0 Å². The molecular formula is C51H31N3S2. The van der Waals surface area contributed by atoms with E-state index in [-0.39, 0.29) is 0 Å². The molecule has 8 aromatic carbocycles. The Morgan fingerprint density at radius 3 is 1.25 bits per heavy atom. The van der Waals surface area contributed by atoms with Crippen LogP contribution in [0.5, 0.6) is 0 Å². The van der Waals surface area contributed by atoms with Crippen LogP contribution in [0.15, 0.2) is 188 Å². The van der Waals surface area contributed by atoms with Crippen LogP contribution < -0.4 is 0 Å². The number of fused-ring (bicyclic) bond motifs is 6. The molecule has 11 aromatic rings. The van der Waals surface area contributed by atoms with Crippen LogP contribution in [0, 0.1) is 0 Å². The third kappa shape index (κ3) is 5.68. The Hall–Kier alpha value is -6.79. The minimum absolute atomic E-state index is 0.647. The van der Waals surface area contributed by atoms with Gasteiger partial charge in [0, 0.05) is 68.2 Å². The monoisotopic (exact) mass is 749 g/mol. The Bertz CT molecular complexity index is 3220. The van der Waals surface area contributed by atoms with Crippen molar-refractivity contribution >= 4 is 63.0 Å². The maximum absolute atomic E-state index is 5.01. The summed E-state index contributed by atoms with van der Waals surface area (Å²) in [6.07, 6.45) is 0. The van der Waals surface area contributed by atoms with Crippen molar-refractivity contribution in [2.24, 2.45) is 0 Å². The normalized spacial score (nSPS) is 11.6. The Morgan fingerprint density at radius 2 is 0.661 bits per heavy atom. The summed E-state index contributed by atoms with van der Waals surface area (Å²) in [6, 6.07) is 66.7. The molecule has 0 amide bonds. The summed E-state index contributed by atoms with van der Waals surface area (Å²) in [5.41, 5.74) is 10.1. The zero-order chi connectivity index (χ0) is 37.0. The highest BCUT2D eigenvalue weighted by atomic mass is 32.1. The molecule has 0 unspecified atom stereocenters. The van der Waals surface area contributed by atoms with Crippen LogP contribution in [0.2, 0.25) is 0 Å². The minimum Gasteiger partial charge on any atom is -0.208 e.